The van der Waals surface area contributed by atoms with Crippen LogP contribution in [0.3, 0.4) is 0 Å². The molecule has 1 aliphatic rings. The van der Waals surface area contributed by atoms with E-state index in [2.05, 4.69) is 20.9 Å². The minimum atomic E-state index is -0.835. The first kappa shape index (κ1) is 23.9. The Hall–Kier alpha value is -2.38. The molecule has 8 heteroatoms. The Kier molecular flexibility index (Phi) is 8.87. The summed E-state index contributed by atoms with van der Waals surface area (Å²) in [7, 11) is 0. The van der Waals surface area contributed by atoms with Crippen LogP contribution < -0.4 is 16.0 Å². The van der Waals surface area contributed by atoms with Crippen molar-refractivity contribution in [1.82, 2.24) is 16.0 Å². The number of carbonyl (C=O) groups is 1. The molecule has 1 aromatic carbocycles. The number of guanidine groups is 1. The molecule has 0 heterocycles. The maximum Gasteiger partial charge on any atom is 0.407 e. The molecule has 0 radical (unpaired) electrons. The molecule has 0 unspecified atom stereocenters. The van der Waals surface area contributed by atoms with Crippen molar-refractivity contribution in [2.75, 3.05) is 13.1 Å². The van der Waals surface area contributed by atoms with Crippen molar-refractivity contribution >= 4 is 12.1 Å². The third-order valence-electron chi connectivity index (χ3n) is 4.82. The summed E-state index contributed by atoms with van der Waals surface area (Å²) in [5.41, 5.74) is -0.183. The number of halogens is 2. The Morgan fingerprint density at radius 1 is 1.13 bits per heavy atom. The summed E-state index contributed by atoms with van der Waals surface area (Å²) in [6.07, 6.45) is 3.44. The standard InChI is InChI=1S/C22H34F2N4O2/c1-5-25-20(26-14-13-15-7-6-8-18(23)19(15)24)27-16-9-11-17(12-10-16)28-21(29)30-22(2,3)4/h6-8,16-17H,5,9-14H2,1-4H3,(H,28,29)(H2,25,26,27). The highest BCUT2D eigenvalue weighted by molar-refractivity contribution is 5.80. The predicted molar refractivity (Wildman–Crippen MR) is 115 cm³/mol. The zero-order chi connectivity index (χ0) is 22.1. The average Bonchev–Trinajstić information content (AvgIpc) is 2.65. The fraction of sp³-hybridized carbons (Fsp3) is 0.636. The lowest BCUT2D eigenvalue weighted by Crippen LogP contribution is -2.48. The predicted octanol–water partition coefficient (Wildman–Crippen LogP) is 3.90. The Balaban J connectivity index is 1.80. The Morgan fingerprint density at radius 2 is 1.77 bits per heavy atom. The van der Waals surface area contributed by atoms with Crippen LogP contribution in [0.25, 0.3) is 0 Å². The number of nitrogens with one attached hydrogen (secondary N) is 3. The molecule has 2 rings (SSSR count). The first-order chi connectivity index (χ1) is 14.2. The van der Waals surface area contributed by atoms with Gasteiger partial charge in [-0.2, -0.15) is 0 Å². The van der Waals surface area contributed by atoms with Crippen LogP contribution in [0.15, 0.2) is 23.2 Å². The second-order valence-corrected chi connectivity index (χ2v) is 8.56. The van der Waals surface area contributed by atoms with Crippen molar-refractivity contribution in [3.8, 4) is 0 Å². The van der Waals surface area contributed by atoms with Gasteiger partial charge in [-0.05, 0) is 71.4 Å². The lowest BCUT2D eigenvalue weighted by Gasteiger charge is -2.31. The van der Waals surface area contributed by atoms with E-state index < -0.39 is 17.2 Å². The number of aliphatic imine (C=N–C) groups is 1. The number of alkyl carbamates (subject to hydrolysis) is 1. The van der Waals surface area contributed by atoms with Gasteiger partial charge >= 0.3 is 6.09 Å². The second kappa shape index (κ2) is 11.1. The first-order valence-corrected chi connectivity index (χ1v) is 10.6. The van der Waals surface area contributed by atoms with Gasteiger partial charge in [0.15, 0.2) is 17.6 Å². The molecule has 1 aromatic rings. The quantitative estimate of drug-likeness (QED) is 0.478. The SMILES string of the molecule is CCNC(=NCCc1cccc(F)c1F)NC1CCC(NC(=O)OC(C)(C)C)CC1. The monoisotopic (exact) mass is 424 g/mol. The van der Waals surface area contributed by atoms with Crippen LogP contribution >= 0.6 is 0 Å². The van der Waals surface area contributed by atoms with Gasteiger partial charge in [0.1, 0.15) is 5.60 Å². The van der Waals surface area contributed by atoms with Gasteiger partial charge in [-0.15, -0.1) is 0 Å². The van der Waals surface area contributed by atoms with E-state index in [-0.39, 0.29) is 18.2 Å². The minimum absolute atomic E-state index is 0.105. The molecule has 168 valence electrons. The Morgan fingerprint density at radius 3 is 2.37 bits per heavy atom. The summed E-state index contributed by atoms with van der Waals surface area (Å²) >= 11 is 0. The zero-order valence-corrected chi connectivity index (χ0v) is 18.4. The molecule has 0 aliphatic heterocycles. The molecule has 1 saturated carbocycles. The number of rotatable bonds is 6. The van der Waals surface area contributed by atoms with Crippen LogP contribution in [0.4, 0.5) is 13.6 Å². The fourth-order valence-electron chi connectivity index (χ4n) is 3.40. The molecular formula is C22H34F2N4O2. The minimum Gasteiger partial charge on any atom is -0.444 e. The molecule has 1 aliphatic carbocycles. The van der Waals surface area contributed by atoms with Gasteiger partial charge in [0.05, 0.1) is 0 Å². The van der Waals surface area contributed by atoms with E-state index >= 15 is 0 Å². The van der Waals surface area contributed by atoms with Crippen LogP contribution in [-0.2, 0) is 11.2 Å². The fourth-order valence-corrected chi connectivity index (χ4v) is 3.40. The van der Waals surface area contributed by atoms with Gasteiger partial charge in [0.25, 0.3) is 0 Å². The van der Waals surface area contributed by atoms with Gasteiger partial charge < -0.3 is 20.7 Å². The van der Waals surface area contributed by atoms with Crippen LogP contribution in [0, 0.1) is 11.6 Å². The highest BCUT2D eigenvalue weighted by atomic mass is 19.2. The highest BCUT2D eigenvalue weighted by Gasteiger charge is 2.25. The van der Waals surface area contributed by atoms with Crippen LogP contribution in [-0.4, -0.2) is 42.8 Å². The largest absolute Gasteiger partial charge is 0.444 e. The van der Waals surface area contributed by atoms with Gasteiger partial charge in [-0.25, -0.2) is 13.6 Å². The second-order valence-electron chi connectivity index (χ2n) is 8.56. The summed E-state index contributed by atoms with van der Waals surface area (Å²) in [5.74, 6) is -0.974. The topological polar surface area (TPSA) is 74.8 Å². The molecule has 30 heavy (non-hydrogen) atoms. The summed E-state index contributed by atoms with van der Waals surface area (Å²) in [4.78, 5) is 16.4. The van der Waals surface area contributed by atoms with E-state index in [1.165, 1.54) is 6.07 Å². The lowest BCUT2D eigenvalue weighted by molar-refractivity contribution is 0.0490. The smallest absolute Gasteiger partial charge is 0.407 e. The number of benzene rings is 1. The van der Waals surface area contributed by atoms with Crippen molar-refractivity contribution in [3.05, 3.63) is 35.4 Å². The molecule has 0 atom stereocenters. The molecule has 6 nitrogen and oxygen atoms in total. The molecule has 1 amide bonds. The molecule has 0 aromatic heterocycles. The van der Waals surface area contributed by atoms with E-state index in [4.69, 9.17) is 4.74 Å². The molecule has 0 spiro atoms. The first-order valence-electron chi connectivity index (χ1n) is 10.6. The van der Waals surface area contributed by atoms with Gasteiger partial charge in [-0.3, -0.25) is 4.99 Å². The normalized spacial score (nSPS) is 19.9. The van der Waals surface area contributed by atoms with Crippen molar-refractivity contribution < 1.29 is 18.3 Å². The molecular weight excluding hydrogens is 390 g/mol. The van der Waals surface area contributed by atoms with Crippen LogP contribution in [0.2, 0.25) is 0 Å². The summed E-state index contributed by atoms with van der Waals surface area (Å²) in [5, 5.41) is 9.54. The Bertz CT molecular complexity index is 726. The number of hydrogen-bond donors (Lipinski definition) is 3. The van der Waals surface area contributed by atoms with Crippen LogP contribution in [0.1, 0.15) is 58.9 Å². The van der Waals surface area contributed by atoms with Crippen molar-refractivity contribution in [1.29, 1.82) is 0 Å². The van der Waals surface area contributed by atoms with Gasteiger partial charge in [0.2, 0.25) is 0 Å². The molecule has 0 saturated heterocycles. The van der Waals surface area contributed by atoms with Crippen molar-refractivity contribution in [3.63, 3.8) is 0 Å². The number of ether oxygens (including phenoxy) is 1. The van der Waals surface area contributed by atoms with Crippen molar-refractivity contribution in [2.24, 2.45) is 4.99 Å². The maximum atomic E-state index is 13.8. The van der Waals surface area contributed by atoms with Gasteiger partial charge in [-0.1, -0.05) is 12.1 Å². The number of amides is 1. The van der Waals surface area contributed by atoms with E-state index in [0.29, 0.717) is 31.0 Å². The highest BCUT2D eigenvalue weighted by Crippen LogP contribution is 2.19. The third-order valence-corrected chi connectivity index (χ3v) is 4.82. The van der Waals surface area contributed by atoms with E-state index in [9.17, 15) is 13.6 Å². The van der Waals surface area contributed by atoms with Crippen molar-refractivity contribution in [2.45, 2.75) is 77.5 Å². The molecule has 0 bridgehead atoms. The number of carbonyl (C=O) groups excluding carboxylic acids is 1. The van der Waals surface area contributed by atoms with Crippen LogP contribution in [0.5, 0.6) is 0 Å². The number of hydrogen-bond acceptors (Lipinski definition) is 3. The summed E-state index contributed by atoms with van der Waals surface area (Å²) in [6.45, 7) is 8.57. The number of nitrogens with zero attached hydrogens (tertiary/aromatic N) is 1. The Labute approximate surface area is 177 Å². The lowest BCUT2D eigenvalue weighted by atomic mass is 9.91. The van der Waals surface area contributed by atoms with Gasteiger partial charge in [0, 0.05) is 25.2 Å². The molecule has 3 N–H and O–H groups in total. The van der Waals surface area contributed by atoms with E-state index in [0.717, 1.165) is 31.7 Å². The summed E-state index contributed by atoms with van der Waals surface area (Å²) in [6, 6.07) is 4.54. The van der Waals surface area contributed by atoms with E-state index in [1.807, 2.05) is 27.7 Å². The summed E-state index contributed by atoms with van der Waals surface area (Å²) < 4.78 is 32.4. The van der Waals surface area contributed by atoms with E-state index in [1.54, 1.807) is 6.07 Å². The average molecular weight is 425 g/mol. The maximum absolute atomic E-state index is 13.8. The zero-order valence-electron chi connectivity index (χ0n) is 18.4. The molecule has 1 fully saturated rings. The third kappa shape index (κ3) is 8.16.